The van der Waals surface area contributed by atoms with Gasteiger partial charge in [-0.05, 0) is 41.1 Å². The molecule has 1 atom stereocenters. The Morgan fingerprint density at radius 2 is 1.96 bits per heavy atom. The number of hydrogen-bond acceptors (Lipinski definition) is 4. The Kier molecular flexibility index (Phi) is 5.52. The lowest BCUT2D eigenvalue weighted by atomic mass is 9.98. The smallest absolute Gasteiger partial charge is 0.327 e. The zero-order valence-corrected chi connectivity index (χ0v) is 17.8. The maximum absolute atomic E-state index is 13.5. The Morgan fingerprint density at radius 1 is 1.25 bits per heavy atom. The Morgan fingerprint density at radius 3 is 2.61 bits per heavy atom. The molecule has 0 spiro atoms. The fourth-order valence-corrected chi connectivity index (χ4v) is 5.04. The summed E-state index contributed by atoms with van der Waals surface area (Å²) in [6.45, 7) is 4.00. The number of rotatable bonds is 3. The summed E-state index contributed by atoms with van der Waals surface area (Å²) in [5, 5.41) is 4.99. The number of halogens is 1. The number of para-hydroxylation sites is 1. The van der Waals surface area contributed by atoms with Crippen LogP contribution in [0.5, 0.6) is 0 Å². The van der Waals surface area contributed by atoms with E-state index in [2.05, 4.69) is 21.2 Å². The van der Waals surface area contributed by atoms with Crippen molar-refractivity contribution in [3.63, 3.8) is 0 Å². The minimum absolute atomic E-state index is 0.0590. The van der Waals surface area contributed by atoms with Crippen LogP contribution < -0.4 is 10.2 Å². The highest BCUT2D eigenvalue weighted by Gasteiger charge is 2.38. The summed E-state index contributed by atoms with van der Waals surface area (Å²) in [6.07, 6.45) is 0. The van der Waals surface area contributed by atoms with Crippen molar-refractivity contribution in [2.45, 2.75) is 13.0 Å². The van der Waals surface area contributed by atoms with Gasteiger partial charge < -0.3 is 15.0 Å². The van der Waals surface area contributed by atoms with Gasteiger partial charge in [-0.2, -0.15) is 0 Å². The van der Waals surface area contributed by atoms with Crippen molar-refractivity contribution in [2.24, 2.45) is 0 Å². The quantitative estimate of drug-likeness (QED) is 0.753. The molecule has 6 nitrogen and oxygen atoms in total. The van der Waals surface area contributed by atoms with Gasteiger partial charge in [0.25, 0.3) is 5.91 Å². The van der Waals surface area contributed by atoms with Crippen LogP contribution in [0.15, 0.2) is 57.5 Å². The fraction of sp³-hybridized carbons (Fsp3) is 0.300. The lowest BCUT2D eigenvalue weighted by Crippen LogP contribution is -2.51. The first-order valence-electron chi connectivity index (χ1n) is 9.03. The van der Waals surface area contributed by atoms with Crippen molar-refractivity contribution in [2.75, 3.05) is 31.2 Å². The first kappa shape index (κ1) is 19.2. The molecule has 2 aliphatic heterocycles. The Labute approximate surface area is 175 Å². The van der Waals surface area contributed by atoms with Crippen LogP contribution in [0.1, 0.15) is 17.8 Å². The van der Waals surface area contributed by atoms with E-state index < -0.39 is 6.04 Å². The van der Waals surface area contributed by atoms with Crippen LogP contribution in [0.25, 0.3) is 0 Å². The zero-order chi connectivity index (χ0) is 19.7. The van der Waals surface area contributed by atoms with Crippen molar-refractivity contribution in [3.05, 3.63) is 62.4 Å². The van der Waals surface area contributed by atoms with Crippen molar-refractivity contribution in [1.29, 1.82) is 0 Å². The van der Waals surface area contributed by atoms with E-state index in [1.807, 2.05) is 48.7 Å². The Hall–Kier alpha value is -2.16. The summed E-state index contributed by atoms with van der Waals surface area (Å²) in [5.41, 5.74) is 1.98. The van der Waals surface area contributed by atoms with Gasteiger partial charge in [0.05, 0.1) is 30.5 Å². The van der Waals surface area contributed by atoms with Crippen molar-refractivity contribution in [3.8, 4) is 0 Å². The maximum Gasteiger partial charge on any atom is 0.327 e. The summed E-state index contributed by atoms with van der Waals surface area (Å²) in [5.74, 6) is -0.0590. The second-order valence-electron chi connectivity index (χ2n) is 6.62. The lowest BCUT2D eigenvalue weighted by Gasteiger charge is -2.37. The molecule has 1 unspecified atom stereocenters. The van der Waals surface area contributed by atoms with Gasteiger partial charge in [-0.1, -0.05) is 18.2 Å². The molecule has 3 heterocycles. The zero-order valence-electron chi connectivity index (χ0n) is 15.4. The van der Waals surface area contributed by atoms with Gasteiger partial charge in [-0.15, -0.1) is 11.3 Å². The van der Waals surface area contributed by atoms with E-state index in [-0.39, 0.29) is 11.9 Å². The largest absolute Gasteiger partial charge is 0.378 e. The van der Waals surface area contributed by atoms with Crippen LogP contribution in [0.4, 0.5) is 10.5 Å². The maximum atomic E-state index is 13.5. The van der Waals surface area contributed by atoms with Crippen LogP contribution in [-0.2, 0) is 9.53 Å². The SMILES string of the molecule is CC1=C(C(=O)N2CCOCC2)C(c2cc(Br)cs2)NC(=O)N1c1ccccc1. The number of amides is 3. The monoisotopic (exact) mass is 461 g/mol. The average Bonchev–Trinajstić information content (AvgIpc) is 3.15. The van der Waals surface area contributed by atoms with Crippen molar-refractivity contribution >= 4 is 44.9 Å². The number of anilines is 1. The van der Waals surface area contributed by atoms with Gasteiger partial charge >= 0.3 is 6.03 Å². The van der Waals surface area contributed by atoms with Crippen molar-refractivity contribution < 1.29 is 14.3 Å². The predicted octanol–water partition coefficient (Wildman–Crippen LogP) is 3.91. The highest BCUT2D eigenvalue weighted by molar-refractivity contribution is 9.10. The molecule has 1 aromatic heterocycles. The van der Waals surface area contributed by atoms with Crippen LogP contribution in [-0.4, -0.2) is 43.1 Å². The second kappa shape index (κ2) is 8.06. The van der Waals surface area contributed by atoms with Crippen molar-refractivity contribution in [1.82, 2.24) is 10.2 Å². The molecule has 1 saturated heterocycles. The summed E-state index contributed by atoms with van der Waals surface area (Å²) in [4.78, 5) is 30.7. The lowest BCUT2D eigenvalue weighted by molar-refractivity contribution is -0.131. The van der Waals surface area contributed by atoms with Gasteiger partial charge in [0, 0.05) is 33.5 Å². The predicted molar refractivity (Wildman–Crippen MR) is 112 cm³/mol. The van der Waals surface area contributed by atoms with E-state index in [4.69, 9.17) is 4.74 Å². The summed E-state index contributed by atoms with van der Waals surface area (Å²) in [7, 11) is 0. The third kappa shape index (κ3) is 3.59. The van der Waals surface area contributed by atoms with E-state index in [1.165, 1.54) is 11.3 Å². The molecule has 0 bridgehead atoms. The second-order valence-corrected chi connectivity index (χ2v) is 8.48. The molecule has 4 rings (SSSR count). The van der Waals surface area contributed by atoms with Gasteiger partial charge in [-0.3, -0.25) is 9.69 Å². The number of carbonyl (C=O) groups is 2. The number of urea groups is 1. The van der Waals surface area contributed by atoms with E-state index in [9.17, 15) is 9.59 Å². The van der Waals surface area contributed by atoms with Crippen LogP contribution in [0.3, 0.4) is 0 Å². The molecule has 8 heteroatoms. The molecule has 28 heavy (non-hydrogen) atoms. The molecular formula is C20H20BrN3O3S. The highest BCUT2D eigenvalue weighted by atomic mass is 79.9. The molecule has 2 aromatic rings. The van der Waals surface area contributed by atoms with Gasteiger partial charge in [0.2, 0.25) is 0 Å². The van der Waals surface area contributed by atoms with E-state index in [0.717, 1.165) is 15.0 Å². The molecule has 1 aromatic carbocycles. The minimum atomic E-state index is -0.473. The molecule has 1 fully saturated rings. The third-order valence-electron chi connectivity index (χ3n) is 4.90. The fourth-order valence-electron chi connectivity index (χ4n) is 3.54. The Balaban J connectivity index is 1.80. The summed E-state index contributed by atoms with van der Waals surface area (Å²) in [6, 6.07) is 10.6. The van der Waals surface area contributed by atoms with Gasteiger partial charge in [0.15, 0.2) is 0 Å². The number of hydrogen-bond donors (Lipinski definition) is 1. The number of benzene rings is 1. The van der Waals surface area contributed by atoms with E-state index in [1.54, 1.807) is 9.80 Å². The highest BCUT2D eigenvalue weighted by Crippen LogP contribution is 2.37. The standard InChI is InChI=1S/C20H20BrN3O3S/c1-13-17(19(25)23-7-9-27-10-8-23)18(16-11-14(21)12-28-16)22-20(26)24(13)15-5-3-2-4-6-15/h2-6,11-12,18H,7-10H2,1H3,(H,22,26). The number of ether oxygens (including phenoxy) is 1. The number of nitrogens with one attached hydrogen (secondary N) is 1. The van der Waals surface area contributed by atoms with Crippen LogP contribution >= 0.6 is 27.3 Å². The summed E-state index contributed by atoms with van der Waals surface area (Å²) < 4.78 is 6.33. The normalized spacial score (nSPS) is 20.4. The first-order chi connectivity index (χ1) is 13.6. The van der Waals surface area contributed by atoms with Crippen LogP contribution in [0, 0.1) is 0 Å². The van der Waals surface area contributed by atoms with E-state index >= 15 is 0 Å². The molecular weight excluding hydrogens is 442 g/mol. The average molecular weight is 462 g/mol. The molecule has 0 saturated carbocycles. The third-order valence-corrected chi connectivity index (χ3v) is 6.66. The number of thiophene rings is 1. The summed E-state index contributed by atoms with van der Waals surface area (Å²) >= 11 is 4.99. The topological polar surface area (TPSA) is 61.9 Å². The first-order valence-corrected chi connectivity index (χ1v) is 10.7. The van der Waals surface area contributed by atoms with Crippen LogP contribution in [0.2, 0.25) is 0 Å². The number of allylic oxidation sites excluding steroid dienone is 1. The molecule has 3 amide bonds. The number of nitrogens with zero attached hydrogens (tertiary/aromatic N) is 2. The molecule has 0 aliphatic carbocycles. The number of morpholine rings is 1. The number of carbonyl (C=O) groups excluding carboxylic acids is 2. The van der Waals surface area contributed by atoms with Gasteiger partial charge in [0.1, 0.15) is 0 Å². The Bertz CT molecular complexity index is 922. The van der Waals surface area contributed by atoms with E-state index in [0.29, 0.717) is 37.6 Å². The minimum Gasteiger partial charge on any atom is -0.378 e. The molecule has 1 N–H and O–H groups in total. The molecule has 0 radical (unpaired) electrons. The van der Waals surface area contributed by atoms with Gasteiger partial charge in [-0.25, -0.2) is 4.79 Å². The molecule has 2 aliphatic rings. The molecule has 146 valence electrons.